The topological polar surface area (TPSA) is 126 Å². The van der Waals surface area contributed by atoms with Crippen LogP contribution in [-0.2, 0) is 5.41 Å². The lowest BCUT2D eigenvalue weighted by atomic mass is 9.54. The number of aliphatic hydroxyl groups excluding tert-OH is 1. The number of benzene rings is 2. The van der Waals surface area contributed by atoms with Gasteiger partial charge in [-0.3, -0.25) is 4.90 Å². The smallest absolute Gasteiger partial charge is 0.395 e. The van der Waals surface area contributed by atoms with Crippen LogP contribution in [0.1, 0.15) is 67.6 Å². The third-order valence-corrected chi connectivity index (χ3v) is 9.55. The molecule has 2 atom stereocenters. The van der Waals surface area contributed by atoms with Gasteiger partial charge < -0.3 is 22.0 Å². The second-order valence-electron chi connectivity index (χ2n) is 11.7. The molecule has 2 bridgehead atoms. The third kappa shape index (κ3) is 5.86. The summed E-state index contributed by atoms with van der Waals surface area (Å²) < 4.78 is 41.0. The molecule has 0 saturated heterocycles. The summed E-state index contributed by atoms with van der Waals surface area (Å²) in [5.74, 6) is 5.86. The van der Waals surface area contributed by atoms with Gasteiger partial charge in [0.15, 0.2) is 11.9 Å². The van der Waals surface area contributed by atoms with Crippen LogP contribution in [0.3, 0.4) is 0 Å². The highest BCUT2D eigenvalue weighted by Gasteiger charge is 2.53. The van der Waals surface area contributed by atoms with Crippen LogP contribution >= 0.6 is 0 Å². The Hall–Kier alpha value is -3.34. The molecular formula is C31H39F3N6O. The Morgan fingerprint density at radius 1 is 0.927 bits per heavy atom. The maximum atomic E-state index is 13.7. The Morgan fingerprint density at radius 2 is 1.51 bits per heavy atom. The highest BCUT2D eigenvalue weighted by atomic mass is 19.4. The van der Waals surface area contributed by atoms with Crippen LogP contribution in [-0.4, -0.2) is 45.9 Å². The third-order valence-electron chi connectivity index (χ3n) is 9.55. The molecule has 41 heavy (non-hydrogen) atoms. The number of rotatable bonds is 10. The van der Waals surface area contributed by atoms with Crippen molar-refractivity contribution >= 4 is 17.3 Å². The number of fused-ring (bicyclic) bond motifs is 3. The molecule has 1 aromatic heterocycles. The van der Waals surface area contributed by atoms with Gasteiger partial charge in [-0.15, -0.1) is 0 Å². The van der Waals surface area contributed by atoms with Crippen molar-refractivity contribution in [1.29, 1.82) is 0 Å². The number of nitrogens with zero attached hydrogens (tertiary/aromatic N) is 2. The van der Waals surface area contributed by atoms with Crippen LogP contribution in [0.15, 0.2) is 66.7 Å². The Labute approximate surface area is 238 Å². The fourth-order valence-corrected chi connectivity index (χ4v) is 7.17. The zero-order valence-electron chi connectivity index (χ0n) is 23.1. The van der Waals surface area contributed by atoms with E-state index in [-0.39, 0.29) is 23.0 Å². The number of aromatic nitrogens is 1. The number of hydrogen-bond acceptors (Lipinski definition) is 7. The minimum Gasteiger partial charge on any atom is -0.395 e. The summed E-state index contributed by atoms with van der Waals surface area (Å²) in [4.78, 5) is 6.09. The predicted octanol–water partition coefficient (Wildman–Crippen LogP) is 5.32. The Morgan fingerprint density at radius 3 is 2.07 bits per heavy atom. The van der Waals surface area contributed by atoms with Crippen molar-refractivity contribution in [2.75, 3.05) is 30.0 Å². The lowest BCUT2D eigenvalue weighted by Gasteiger charge is -2.58. The van der Waals surface area contributed by atoms with Crippen molar-refractivity contribution in [3.8, 4) is 0 Å². The van der Waals surface area contributed by atoms with E-state index in [1.165, 1.54) is 5.56 Å². The van der Waals surface area contributed by atoms with Crippen LogP contribution in [0.4, 0.5) is 30.5 Å². The van der Waals surface area contributed by atoms with Crippen LogP contribution in [0.2, 0.25) is 0 Å². The average Bonchev–Trinajstić information content (AvgIpc) is 2.99. The van der Waals surface area contributed by atoms with E-state index in [0.29, 0.717) is 24.2 Å². The number of hydrazine groups is 1. The number of pyridine rings is 1. The minimum atomic E-state index is -4.70. The molecule has 3 aliphatic carbocycles. The Bertz CT molecular complexity index is 1300. The lowest BCUT2D eigenvalue weighted by Crippen LogP contribution is -2.60. The van der Waals surface area contributed by atoms with Gasteiger partial charge in [0.2, 0.25) is 0 Å². The van der Waals surface area contributed by atoms with Crippen molar-refractivity contribution < 1.29 is 18.3 Å². The maximum absolute atomic E-state index is 13.7. The highest BCUT2D eigenvalue weighted by Crippen LogP contribution is 2.56. The van der Waals surface area contributed by atoms with Gasteiger partial charge in [-0.05, 0) is 79.7 Å². The first kappa shape index (κ1) is 29.2. The van der Waals surface area contributed by atoms with Crippen LogP contribution < -0.4 is 22.7 Å². The summed E-state index contributed by atoms with van der Waals surface area (Å²) in [7, 11) is 0. The molecule has 1 heterocycles. The first-order valence-corrected chi connectivity index (χ1v) is 14.2. The number of aliphatic hydroxyl groups is 1. The quantitative estimate of drug-likeness (QED) is 0.165. The molecule has 0 spiro atoms. The van der Waals surface area contributed by atoms with E-state index in [1.807, 2.05) is 41.3 Å². The number of anilines is 3. The summed E-state index contributed by atoms with van der Waals surface area (Å²) >= 11 is 0. The predicted molar refractivity (Wildman–Crippen MR) is 156 cm³/mol. The first-order chi connectivity index (χ1) is 19.6. The molecule has 3 aromatic rings. The zero-order chi connectivity index (χ0) is 29.3. The van der Waals surface area contributed by atoms with Crippen molar-refractivity contribution in [3.63, 3.8) is 0 Å². The van der Waals surface area contributed by atoms with Gasteiger partial charge >= 0.3 is 6.18 Å². The first-order valence-electron chi connectivity index (χ1n) is 14.2. The van der Waals surface area contributed by atoms with Crippen LogP contribution in [0.25, 0.3) is 0 Å². The van der Waals surface area contributed by atoms with E-state index >= 15 is 0 Å². The fraction of sp³-hybridized carbons (Fsp3) is 0.452. The van der Waals surface area contributed by atoms with Gasteiger partial charge in [0, 0.05) is 18.0 Å². The molecule has 7 nitrogen and oxygen atoms in total. The second kappa shape index (κ2) is 11.5. The van der Waals surface area contributed by atoms with Gasteiger partial charge in [0.25, 0.3) is 0 Å². The number of halogens is 3. The summed E-state index contributed by atoms with van der Waals surface area (Å²) in [5, 5.41) is 10.3. The van der Waals surface area contributed by atoms with E-state index in [9.17, 15) is 18.3 Å². The van der Waals surface area contributed by atoms with Gasteiger partial charge in [-0.1, -0.05) is 60.7 Å². The molecule has 8 N–H and O–H groups in total. The normalized spacial score (nSPS) is 23.9. The number of nitrogen functional groups attached to an aromatic ring is 3. The number of nitrogens with one attached hydrogen (secondary N) is 1. The molecule has 0 radical (unpaired) electrons. The van der Waals surface area contributed by atoms with Gasteiger partial charge in [-0.2, -0.15) is 13.2 Å². The van der Waals surface area contributed by atoms with E-state index in [4.69, 9.17) is 17.3 Å². The molecule has 3 aliphatic rings. The van der Waals surface area contributed by atoms with Crippen LogP contribution in [0.5, 0.6) is 0 Å². The Kier molecular flexibility index (Phi) is 8.18. The molecule has 0 amide bonds. The molecule has 6 rings (SSSR count). The lowest BCUT2D eigenvalue weighted by molar-refractivity contribution is -0.214. The molecule has 10 heteroatoms. The standard InChI is InChI=1S/C31H39F3N6O/c32-31(33,34)25(41)20-40(30-15-12-29(13-16-30,14-17-30)22-9-5-2-6-10-22)18-11-23(21-7-3-1-4-8-21)24-19-26(35)38-28(39-37)27(24)36/h1-10,19,23,25,41H,11-18,20,36-37H2,(H3,35,38,39). The maximum Gasteiger partial charge on any atom is 0.415 e. The van der Waals surface area contributed by atoms with Gasteiger partial charge in [0.05, 0.1) is 5.69 Å². The van der Waals surface area contributed by atoms with Gasteiger partial charge in [-0.25, -0.2) is 10.8 Å². The van der Waals surface area contributed by atoms with Crippen molar-refractivity contribution in [3.05, 3.63) is 83.4 Å². The molecule has 0 aliphatic heterocycles. The average molecular weight is 569 g/mol. The number of β-amino-alcohol motifs (C(OH)–C–C–N with tert-alkyl or cyclic N) is 1. The number of nitrogens with two attached hydrogens (primary N) is 3. The van der Waals surface area contributed by atoms with E-state index in [2.05, 4.69) is 34.7 Å². The van der Waals surface area contributed by atoms with Gasteiger partial charge in [0.1, 0.15) is 5.82 Å². The zero-order valence-corrected chi connectivity index (χ0v) is 23.1. The molecule has 2 unspecified atom stereocenters. The van der Waals surface area contributed by atoms with E-state index in [1.54, 1.807) is 6.07 Å². The molecule has 3 fully saturated rings. The Balaban J connectivity index is 1.45. The second-order valence-corrected chi connectivity index (χ2v) is 11.7. The highest BCUT2D eigenvalue weighted by molar-refractivity contribution is 5.70. The fourth-order valence-electron chi connectivity index (χ4n) is 7.17. The number of hydrogen-bond donors (Lipinski definition) is 5. The van der Waals surface area contributed by atoms with E-state index < -0.39 is 24.4 Å². The summed E-state index contributed by atoms with van der Waals surface area (Å²) in [6.07, 6.45) is -1.56. The SMILES string of the molecule is NNc1nc(N)cc(C(CCN(CC(O)C(F)(F)F)C23CCC(c4ccccc4)(CC2)CC3)c2ccccc2)c1N. The molecule has 2 aromatic carbocycles. The summed E-state index contributed by atoms with van der Waals surface area (Å²) in [5.41, 5.74) is 18.0. The monoisotopic (exact) mass is 568 g/mol. The largest absolute Gasteiger partial charge is 0.415 e. The summed E-state index contributed by atoms with van der Waals surface area (Å²) in [6, 6.07) is 21.8. The molecule has 220 valence electrons. The minimum absolute atomic E-state index is 0.0680. The number of alkyl halides is 3. The summed E-state index contributed by atoms with van der Waals surface area (Å²) in [6.45, 7) is -0.120. The molecular weight excluding hydrogens is 529 g/mol. The van der Waals surface area contributed by atoms with E-state index in [0.717, 1.165) is 44.1 Å². The molecule has 3 saturated carbocycles. The van der Waals surface area contributed by atoms with Crippen molar-refractivity contribution in [1.82, 2.24) is 9.88 Å². The van der Waals surface area contributed by atoms with Crippen LogP contribution in [0, 0.1) is 0 Å². The van der Waals surface area contributed by atoms with Crippen molar-refractivity contribution in [2.45, 2.75) is 74.1 Å². The van der Waals surface area contributed by atoms with Crippen molar-refractivity contribution in [2.24, 2.45) is 5.84 Å².